The number of nitrogens with one attached hydrogen (secondary N) is 7. The molecule has 13 N–H and O–H groups in total. The summed E-state index contributed by atoms with van der Waals surface area (Å²) in [6, 6.07) is 17.4. The fraction of sp³-hybridized carbons (Fsp3) is 0.333. The molecular weight excluding hydrogens is 929 g/mol. The molecule has 0 bridgehead atoms. The Kier molecular flexibility index (Phi) is 21.2. The number of alkyl carbamates (subject to hydrolysis) is 1. The number of aliphatic hydroxyl groups excluding tert-OH is 1. The minimum Gasteiger partial charge on any atom is -0.508 e. The van der Waals surface area contributed by atoms with Crippen LogP contribution in [0, 0.1) is 0 Å². The molecule has 71 heavy (non-hydrogen) atoms. The number of carbonyl (C=O) groups excluding carboxylic acids is 8. The van der Waals surface area contributed by atoms with Gasteiger partial charge in [0, 0.05) is 25.7 Å². The third kappa shape index (κ3) is 18.4. The number of carboxylic acid groups (broad SMARTS) is 2. The van der Waals surface area contributed by atoms with Crippen molar-refractivity contribution in [3.05, 3.63) is 114 Å². The minimum atomic E-state index is -1.83. The quantitative estimate of drug-likeness (QED) is 0.0355. The first-order chi connectivity index (χ1) is 33.8. The van der Waals surface area contributed by atoms with E-state index in [2.05, 4.69) is 37.2 Å². The van der Waals surface area contributed by atoms with Gasteiger partial charge >= 0.3 is 18.0 Å². The van der Waals surface area contributed by atoms with Crippen LogP contribution in [0.5, 0.6) is 5.75 Å². The second-order valence-corrected chi connectivity index (χ2v) is 16.2. The van der Waals surface area contributed by atoms with Gasteiger partial charge in [-0.15, -0.1) is 0 Å². The predicted molar refractivity (Wildman–Crippen MR) is 251 cm³/mol. The average molecular weight is 985 g/mol. The van der Waals surface area contributed by atoms with E-state index in [0.29, 0.717) is 22.1 Å². The number of ether oxygens (including phenoxy) is 1. The first kappa shape index (κ1) is 55.0. The van der Waals surface area contributed by atoms with Gasteiger partial charge in [-0.1, -0.05) is 84.9 Å². The van der Waals surface area contributed by atoms with Crippen molar-refractivity contribution in [1.29, 1.82) is 0 Å². The van der Waals surface area contributed by atoms with Crippen LogP contribution in [-0.2, 0) is 67.3 Å². The van der Waals surface area contributed by atoms with E-state index < -0.39 is 128 Å². The molecule has 23 heteroatoms. The first-order valence-corrected chi connectivity index (χ1v) is 22.2. The van der Waals surface area contributed by atoms with E-state index in [1.165, 1.54) is 31.2 Å². The second kappa shape index (κ2) is 27.4. The molecule has 0 unspecified atom stereocenters. The normalized spacial score (nSPS) is 13.3. The third-order valence-electron chi connectivity index (χ3n) is 10.7. The van der Waals surface area contributed by atoms with Crippen LogP contribution in [0.25, 0.3) is 10.8 Å². The number of nitrogens with two attached hydrogens (primary N) is 1. The van der Waals surface area contributed by atoms with Crippen molar-refractivity contribution < 1.29 is 73.1 Å². The Labute approximate surface area is 406 Å². The molecule has 4 aromatic rings. The molecule has 4 aromatic carbocycles. The highest BCUT2D eigenvalue weighted by atomic mass is 16.5. The number of amides is 8. The van der Waals surface area contributed by atoms with Gasteiger partial charge in [-0.2, -0.15) is 0 Å². The van der Waals surface area contributed by atoms with Crippen LogP contribution in [0.15, 0.2) is 97.1 Å². The van der Waals surface area contributed by atoms with Crippen LogP contribution < -0.4 is 43.0 Å². The number of aromatic hydroxyl groups is 1. The summed E-state index contributed by atoms with van der Waals surface area (Å²) in [7, 11) is 0. The zero-order valence-corrected chi connectivity index (χ0v) is 38.4. The number of aliphatic hydroxyl groups is 1. The van der Waals surface area contributed by atoms with Gasteiger partial charge in [0.15, 0.2) is 0 Å². The van der Waals surface area contributed by atoms with Crippen LogP contribution in [0.2, 0.25) is 0 Å². The Bertz CT molecular complexity index is 2540. The van der Waals surface area contributed by atoms with Crippen molar-refractivity contribution in [2.24, 2.45) is 5.73 Å². The molecule has 0 aliphatic rings. The lowest BCUT2D eigenvalue weighted by Gasteiger charge is -2.27. The molecule has 8 amide bonds. The van der Waals surface area contributed by atoms with Crippen molar-refractivity contribution in [2.45, 2.75) is 88.3 Å². The van der Waals surface area contributed by atoms with Gasteiger partial charge in [-0.05, 0) is 59.4 Å². The minimum absolute atomic E-state index is 0.0758. The molecule has 0 aliphatic carbocycles. The zero-order valence-electron chi connectivity index (χ0n) is 38.4. The lowest BCUT2D eigenvalue weighted by Crippen LogP contribution is -2.60. The lowest BCUT2D eigenvalue weighted by molar-refractivity contribution is -0.139. The number of fused-ring (bicyclic) bond motifs is 1. The number of aliphatic carboxylic acids is 2. The molecule has 378 valence electrons. The van der Waals surface area contributed by atoms with E-state index in [1.54, 1.807) is 72.8 Å². The Balaban J connectivity index is 1.51. The molecule has 0 saturated heterocycles. The van der Waals surface area contributed by atoms with Gasteiger partial charge in [0.25, 0.3) is 0 Å². The van der Waals surface area contributed by atoms with Gasteiger partial charge < -0.3 is 68.1 Å². The fourth-order valence-electron chi connectivity index (χ4n) is 6.92. The fourth-order valence-corrected chi connectivity index (χ4v) is 6.92. The summed E-state index contributed by atoms with van der Waals surface area (Å²) in [5.74, 6) is -9.79. The number of benzene rings is 4. The largest absolute Gasteiger partial charge is 0.508 e. The van der Waals surface area contributed by atoms with E-state index in [4.69, 9.17) is 10.5 Å². The topological polar surface area (TPSA) is 371 Å². The Morgan fingerprint density at radius 2 is 1.10 bits per heavy atom. The monoisotopic (exact) mass is 984 g/mol. The van der Waals surface area contributed by atoms with E-state index in [9.17, 15) is 68.4 Å². The highest BCUT2D eigenvalue weighted by Crippen LogP contribution is 2.20. The van der Waals surface area contributed by atoms with Crippen LogP contribution >= 0.6 is 0 Å². The first-order valence-electron chi connectivity index (χ1n) is 22.2. The van der Waals surface area contributed by atoms with Gasteiger partial charge in [0.2, 0.25) is 41.4 Å². The summed E-state index contributed by atoms with van der Waals surface area (Å²) in [5.41, 5.74) is 7.10. The molecular formula is C48H56N8O15. The van der Waals surface area contributed by atoms with Gasteiger partial charge in [-0.25, -0.2) is 4.79 Å². The molecule has 0 radical (unpaired) electrons. The summed E-state index contributed by atoms with van der Waals surface area (Å²) in [4.78, 5) is 129. The van der Waals surface area contributed by atoms with Crippen molar-refractivity contribution >= 4 is 70.2 Å². The van der Waals surface area contributed by atoms with Crippen LogP contribution in [0.1, 0.15) is 49.3 Å². The molecule has 0 aliphatic heterocycles. The maximum Gasteiger partial charge on any atom is 0.408 e. The number of primary amides is 1. The molecule has 23 nitrogen and oxygen atoms in total. The number of rotatable bonds is 27. The second-order valence-electron chi connectivity index (χ2n) is 16.2. The highest BCUT2D eigenvalue weighted by Gasteiger charge is 2.33. The maximum absolute atomic E-state index is 14.4. The summed E-state index contributed by atoms with van der Waals surface area (Å²) in [6.07, 6.45) is -3.50. The van der Waals surface area contributed by atoms with Crippen molar-refractivity contribution in [1.82, 2.24) is 37.2 Å². The molecule has 0 saturated carbocycles. The number of phenolic OH excluding ortho intramolecular Hbond substituents is 1. The molecule has 0 fully saturated rings. The zero-order chi connectivity index (χ0) is 52.0. The average Bonchev–Trinajstić information content (AvgIpc) is 3.34. The van der Waals surface area contributed by atoms with Crippen molar-refractivity contribution in [3.8, 4) is 5.75 Å². The van der Waals surface area contributed by atoms with E-state index in [-0.39, 0.29) is 31.6 Å². The SMILES string of the molecule is C[C@H](NC(=O)OCc1ccccc1)C(=O)NCC(=O)N[C@@H](CCC(=O)O)C(=O)N[C@@H](CO)C(=O)N[C@@H](Cc1cccc2ccccc12)C(=O)N[C@@H](Cc1ccc(O)cc1)C(=O)N[C@@H](CCC(=O)O)C(N)=O. The van der Waals surface area contributed by atoms with E-state index in [0.717, 1.165) is 5.39 Å². The smallest absolute Gasteiger partial charge is 0.408 e. The number of phenols is 1. The predicted octanol–water partition coefficient (Wildman–Crippen LogP) is -0.607. The Morgan fingerprint density at radius 3 is 1.72 bits per heavy atom. The van der Waals surface area contributed by atoms with Gasteiger partial charge in [0.05, 0.1) is 13.2 Å². The number of hydrogen-bond donors (Lipinski definition) is 12. The van der Waals surface area contributed by atoms with Crippen LogP contribution in [0.4, 0.5) is 4.79 Å². The van der Waals surface area contributed by atoms with Crippen molar-refractivity contribution in [3.63, 3.8) is 0 Å². The third-order valence-corrected chi connectivity index (χ3v) is 10.7. The van der Waals surface area contributed by atoms with E-state index in [1.807, 2.05) is 0 Å². The van der Waals surface area contributed by atoms with E-state index >= 15 is 0 Å². The van der Waals surface area contributed by atoms with Gasteiger partial charge in [0.1, 0.15) is 48.6 Å². The molecule has 0 heterocycles. The highest BCUT2D eigenvalue weighted by molar-refractivity contribution is 5.98. The summed E-state index contributed by atoms with van der Waals surface area (Å²) in [6.45, 7) is -0.580. The standard InChI is InChI=1S/C48H56N8O15/c1-27(51-48(70)71-26-29-8-3-2-4-9-29)43(65)50-24-39(59)52-35(19-21-41(62)63)44(66)56-38(25-57)47(69)55-37(23-31-12-7-11-30-10-5-6-13-33(30)31)46(68)54-36(22-28-14-16-32(58)17-15-28)45(67)53-34(42(49)64)18-20-40(60)61/h2-17,27,34-38,57-58H,18-26H2,1H3,(H2,49,64)(H,50,65)(H,51,70)(H,52,59)(H,53,67)(H,54,68)(H,55,69)(H,56,66)(H,60,61)(H,62,63)/t27-,34-,35-,36-,37-,38-/m0/s1. The van der Waals surface area contributed by atoms with Crippen LogP contribution in [-0.4, -0.2) is 129 Å². The van der Waals surface area contributed by atoms with Crippen LogP contribution in [0.3, 0.4) is 0 Å². The number of hydrogen-bond acceptors (Lipinski definition) is 13. The Hall–Kier alpha value is -8.60. The maximum atomic E-state index is 14.4. The Morgan fingerprint density at radius 1 is 0.563 bits per heavy atom. The van der Waals surface area contributed by atoms with Gasteiger partial charge in [-0.3, -0.25) is 43.2 Å². The molecule has 0 aromatic heterocycles. The molecule has 6 atom stereocenters. The molecule has 4 rings (SSSR count). The summed E-state index contributed by atoms with van der Waals surface area (Å²) >= 11 is 0. The summed E-state index contributed by atoms with van der Waals surface area (Å²) in [5, 5.41) is 56.8. The van der Waals surface area contributed by atoms with Crippen molar-refractivity contribution in [2.75, 3.05) is 13.2 Å². The summed E-state index contributed by atoms with van der Waals surface area (Å²) < 4.78 is 5.09. The number of carbonyl (C=O) groups is 10. The number of carboxylic acids is 2. The lowest BCUT2D eigenvalue weighted by atomic mass is 9.97. The molecule has 0 spiro atoms.